The number of carbonyl (C=O) groups is 1. The minimum absolute atomic E-state index is 0.0842. The molecule has 0 unspecified atom stereocenters. The van der Waals surface area contributed by atoms with Crippen LogP contribution in [0.25, 0.3) is 0 Å². The number of aryl methyl sites for hydroxylation is 2. The van der Waals surface area contributed by atoms with Crippen LogP contribution in [0.2, 0.25) is 0 Å². The van der Waals surface area contributed by atoms with E-state index in [0.717, 1.165) is 24.1 Å². The van der Waals surface area contributed by atoms with Crippen LogP contribution in [0, 0.1) is 6.92 Å². The van der Waals surface area contributed by atoms with Crippen molar-refractivity contribution in [1.82, 2.24) is 4.72 Å². The first-order valence-corrected chi connectivity index (χ1v) is 11.0. The lowest BCUT2D eigenvalue weighted by Crippen LogP contribution is -2.29. The van der Waals surface area contributed by atoms with E-state index in [9.17, 15) is 13.2 Å². The van der Waals surface area contributed by atoms with Crippen LogP contribution in [0.5, 0.6) is 5.75 Å². The molecule has 1 amide bonds. The topological polar surface area (TPSA) is 75.7 Å². The third kappa shape index (κ3) is 4.72. The molecule has 0 bridgehead atoms. The Bertz CT molecular complexity index is 939. The fourth-order valence-corrected chi connectivity index (χ4v) is 4.35. The van der Waals surface area contributed by atoms with Gasteiger partial charge in [-0.05, 0) is 61.2 Å². The van der Waals surface area contributed by atoms with Gasteiger partial charge >= 0.3 is 0 Å². The number of benzene rings is 2. The fraction of sp³-hybridized carbons (Fsp3) is 0.381. The Morgan fingerprint density at radius 3 is 2.50 bits per heavy atom. The van der Waals surface area contributed by atoms with Gasteiger partial charge in [0.15, 0.2) is 0 Å². The van der Waals surface area contributed by atoms with Gasteiger partial charge in [0.05, 0.1) is 4.90 Å². The zero-order valence-corrected chi connectivity index (χ0v) is 17.1. The summed E-state index contributed by atoms with van der Waals surface area (Å²) in [5.41, 5.74) is 2.77. The number of hydrogen-bond acceptors (Lipinski definition) is 4. The SMILES string of the molecule is CCc1ccc(OCCNS(=O)(=O)c2ccc(N3CCCC3=O)c(C)c2)cc1. The largest absolute Gasteiger partial charge is 0.492 e. The van der Waals surface area contributed by atoms with E-state index in [-0.39, 0.29) is 24.0 Å². The molecule has 1 saturated heterocycles. The number of ether oxygens (including phenoxy) is 1. The molecule has 1 N–H and O–H groups in total. The molecule has 1 heterocycles. The van der Waals surface area contributed by atoms with Crippen molar-refractivity contribution in [2.45, 2.75) is 38.0 Å². The Labute approximate surface area is 166 Å². The molecule has 0 aromatic heterocycles. The number of carbonyl (C=O) groups excluding carboxylic acids is 1. The van der Waals surface area contributed by atoms with E-state index in [2.05, 4.69) is 11.6 Å². The number of hydrogen-bond donors (Lipinski definition) is 1. The number of rotatable bonds is 8. The Balaban J connectivity index is 1.57. The van der Waals surface area contributed by atoms with Gasteiger partial charge in [-0.3, -0.25) is 4.79 Å². The number of nitrogens with zero attached hydrogens (tertiary/aromatic N) is 1. The van der Waals surface area contributed by atoms with E-state index in [1.165, 1.54) is 5.56 Å². The van der Waals surface area contributed by atoms with E-state index in [1.54, 1.807) is 23.1 Å². The van der Waals surface area contributed by atoms with Crippen LogP contribution < -0.4 is 14.4 Å². The summed E-state index contributed by atoms with van der Waals surface area (Å²) in [6, 6.07) is 12.6. The highest BCUT2D eigenvalue weighted by molar-refractivity contribution is 7.89. The van der Waals surface area contributed by atoms with E-state index in [0.29, 0.717) is 18.7 Å². The van der Waals surface area contributed by atoms with E-state index < -0.39 is 10.0 Å². The molecule has 1 aliphatic rings. The van der Waals surface area contributed by atoms with Crippen LogP contribution >= 0.6 is 0 Å². The van der Waals surface area contributed by atoms with Crippen LogP contribution in [0.3, 0.4) is 0 Å². The molecular weight excluding hydrogens is 376 g/mol. The van der Waals surface area contributed by atoms with Crippen molar-refractivity contribution in [3.8, 4) is 5.75 Å². The van der Waals surface area contributed by atoms with Gasteiger partial charge in [-0.1, -0.05) is 19.1 Å². The summed E-state index contributed by atoms with van der Waals surface area (Å²) in [6.45, 7) is 5.00. The van der Waals surface area contributed by atoms with E-state index >= 15 is 0 Å². The van der Waals surface area contributed by atoms with Gasteiger partial charge in [0.1, 0.15) is 12.4 Å². The summed E-state index contributed by atoms with van der Waals surface area (Å²) in [6.07, 6.45) is 2.34. The van der Waals surface area contributed by atoms with E-state index in [1.807, 2.05) is 31.2 Å². The number of anilines is 1. The zero-order chi connectivity index (χ0) is 20.1. The van der Waals surface area contributed by atoms with Crippen LogP contribution in [0.1, 0.15) is 30.9 Å². The lowest BCUT2D eigenvalue weighted by molar-refractivity contribution is -0.117. The third-order valence-electron chi connectivity index (χ3n) is 4.84. The van der Waals surface area contributed by atoms with Crippen molar-refractivity contribution >= 4 is 21.6 Å². The predicted molar refractivity (Wildman–Crippen MR) is 109 cm³/mol. The molecule has 6 nitrogen and oxygen atoms in total. The van der Waals surface area contributed by atoms with Crippen LogP contribution in [-0.4, -0.2) is 34.0 Å². The van der Waals surface area contributed by atoms with Crippen molar-refractivity contribution in [2.75, 3.05) is 24.6 Å². The quantitative estimate of drug-likeness (QED) is 0.689. The fourth-order valence-electron chi connectivity index (χ4n) is 3.25. The van der Waals surface area contributed by atoms with Gasteiger partial charge in [0.2, 0.25) is 15.9 Å². The highest BCUT2D eigenvalue weighted by Gasteiger charge is 2.24. The minimum Gasteiger partial charge on any atom is -0.492 e. The molecule has 2 aromatic rings. The molecule has 0 atom stereocenters. The van der Waals surface area contributed by atoms with Gasteiger partial charge in [-0.15, -0.1) is 0 Å². The molecule has 0 saturated carbocycles. The number of nitrogens with one attached hydrogen (secondary N) is 1. The summed E-state index contributed by atoms with van der Waals surface area (Å²) in [5, 5.41) is 0. The average molecular weight is 403 g/mol. The molecule has 0 aliphatic carbocycles. The molecule has 3 rings (SSSR count). The molecule has 28 heavy (non-hydrogen) atoms. The molecule has 0 spiro atoms. The zero-order valence-electron chi connectivity index (χ0n) is 16.3. The first kappa shape index (κ1) is 20.4. The maximum atomic E-state index is 12.5. The highest BCUT2D eigenvalue weighted by Crippen LogP contribution is 2.27. The Kier molecular flexibility index (Phi) is 6.36. The smallest absolute Gasteiger partial charge is 0.240 e. The second-order valence-corrected chi connectivity index (χ2v) is 8.61. The van der Waals surface area contributed by atoms with Gasteiger partial charge < -0.3 is 9.64 Å². The van der Waals surface area contributed by atoms with Crippen LogP contribution in [0.4, 0.5) is 5.69 Å². The van der Waals surface area contributed by atoms with Crippen molar-refractivity contribution in [3.05, 3.63) is 53.6 Å². The van der Waals surface area contributed by atoms with Gasteiger partial charge in [-0.25, -0.2) is 13.1 Å². The molecular formula is C21H26N2O4S. The summed E-state index contributed by atoms with van der Waals surface area (Å²) in [4.78, 5) is 13.8. The predicted octanol–water partition coefficient (Wildman–Crippen LogP) is 3.04. The standard InChI is InChI=1S/C21H26N2O4S/c1-3-17-6-8-18(9-7-17)27-14-12-22-28(25,26)19-10-11-20(16(2)15-19)23-13-4-5-21(23)24/h6-11,15,22H,3-5,12-14H2,1-2H3. The first-order chi connectivity index (χ1) is 13.4. The lowest BCUT2D eigenvalue weighted by Gasteiger charge is -2.19. The second-order valence-electron chi connectivity index (χ2n) is 6.84. The maximum Gasteiger partial charge on any atom is 0.240 e. The Morgan fingerprint density at radius 1 is 1.14 bits per heavy atom. The molecule has 7 heteroatoms. The highest BCUT2D eigenvalue weighted by atomic mass is 32.2. The molecule has 1 aliphatic heterocycles. The summed E-state index contributed by atoms with van der Waals surface area (Å²) >= 11 is 0. The Hall–Kier alpha value is -2.38. The average Bonchev–Trinajstić information content (AvgIpc) is 3.11. The molecule has 150 valence electrons. The molecule has 2 aromatic carbocycles. The maximum absolute atomic E-state index is 12.5. The van der Waals surface area contributed by atoms with Gasteiger partial charge in [-0.2, -0.15) is 0 Å². The third-order valence-corrected chi connectivity index (χ3v) is 6.30. The first-order valence-electron chi connectivity index (χ1n) is 9.53. The van der Waals surface area contributed by atoms with Crippen molar-refractivity contribution in [1.29, 1.82) is 0 Å². The van der Waals surface area contributed by atoms with Crippen molar-refractivity contribution in [3.63, 3.8) is 0 Å². The normalized spacial score (nSPS) is 14.5. The Morgan fingerprint density at radius 2 is 1.89 bits per heavy atom. The molecule has 1 fully saturated rings. The van der Waals surface area contributed by atoms with Crippen molar-refractivity contribution < 1.29 is 17.9 Å². The van der Waals surface area contributed by atoms with Gasteiger partial charge in [0, 0.05) is 25.2 Å². The van der Waals surface area contributed by atoms with E-state index in [4.69, 9.17) is 4.74 Å². The van der Waals surface area contributed by atoms with Crippen molar-refractivity contribution in [2.24, 2.45) is 0 Å². The van der Waals surface area contributed by atoms with Crippen LogP contribution in [-0.2, 0) is 21.2 Å². The number of amides is 1. The summed E-state index contributed by atoms with van der Waals surface area (Å²) in [7, 11) is -3.64. The summed E-state index contributed by atoms with van der Waals surface area (Å²) in [5.74, 6) is 0.799. The lowest BCUT2D eigenvalue weighted by atomic mass is 10.2. The van der Waals surface area contributed by atoms with Crippen LogP contribution in [0.15, 0.2) is 47.4 Å². The number of sulfonamides is 1. The minimum atomic E-state index is -3.64. The molecule has 0 radical (unpaired) electrons. The second kappa shape index (κ2) is 8.75. The summed E-state index contributed by atoms with van der Waals surface area (Å²) < 4.78 is 33.2. The monoisotopic (exact) mass is 402 g/mol. The van der Waals surface area contributed by atoms with Gasteiger partial charge in [0.25, 0.3) is 0 Å².